The molecule has 2 aromatic rings. The van der Waals surface area contributed by atoms with Crippen molar-refractivity contribution in [2.24, 2.45) is 0 Å². The molecule has 10 heteroatoms. The third-order valence-corrected chi connectivity index (χ3v) is 3.43. The largest absolute Gasteiger partial charge is 0.468 e. The van der Waals surface area contributed by atoms with Crippen LogP contribution in [0.3, 0.4) is 0 Å². The third-order valence-electron chi connectivity index (χ3n) is 3.43. The number of ether oxygens (including phenoxy) is 2. The Balaban J connectivity index is 2.14. The van der Waals surface area contributed by atoms with Crippen molar-refractivity contribution in [3.8, 4) is 6.01 Å². The van der Waals surface area contributed by atoms with Crippen molar-refractivity contribution in [1.82, 2.24) is 19.5 Å². The van der Waals surface area contributed by atoms with Crippen LogP contribution in [0.25, 0.3) is 11.2 Å². The highest BCUT2D eigenvalue weighted by Gasteiger charge is 2.45. The fourth-order valence-corrected chi connectivity index (χ4v) is 2.37. The lowest BCUT2D eigenvalue weighted by molar-refractivity contribution is -0.0537. The predicted octanol–water partition coefficient (Wildman–Crippen LogP) is -1.97. The maximum absolute atomic E-state index is 10.1. The minimum Gasteiger partial charge on any atom is -0.468 e. The zero-order chi connectivity index (χ0) is 15.1. The summed E-state index contributed by atoms with van der Waals surface area (Å²) in [7, 11) is 1.39. The average molecular weight is 297 g/mol. The summed E-state index contributed by atoms with van der Waals surface area (Å²) in [6, 6.07) is 0.104. The number of anilines is 1. The van der Waals surface area contributed by atoms with Crippen LogP contribution in [0.2, 0.25) is 0 Å². The van der Waals surface area contributed by atoms with Crippen LogP contribution >= 0.6 is 0 Å². The van der Waals surface area contributed by atoms with Crippen molar-refractivity contribution in [3.05, 3.63) is 6.33 Å². The highest BCUT2D eigenvalue weighted by molar-refractivity contribution is 5.82. The third kappa shape index (κ3) is 2.00. The number of hydrogen-bond donors (Lipinski definition) is 4. The van der Waals surface area contributed by atoms with E-state index in [1.807, 2.05) is 0 Å². The number of methoxy groups -OCH3 is 1. The van der Waals surface area contributed by atoms with Crippen molar-refractivity contribution in [2.45, 2.75) is 24.5 Å². The van der Waals surface area contributed by atoms with Crippen molar-refractivity contribution >= 4 is 17.0 Å². The summed E-state index contributed by atoms with van der Waals surface area (Å²) in [6.07, 6.45) is -3.18. The van der Waals surface area contributed by atoms with Crippen LogP contribution < -0.4 is 10.5 Å². The number of imidazole rings is 1. The fourth-order valence-electron chi connectivity index (χ4n) is 2.37. The van der Waals surface area contributed by atoms with Crippen LogP contribution in [0.15, 0.2) is 6.33 Å². The minimum absolute atomic E-state index is 0.104. The SMILES string of the molecule is COc1nc2c(N)ncnc2n1[C@@H]1O[C@H](CO)C(O)C1O. The Morgan fingerprint density at radius 2 is 2.14 bits per heavy atom. The topological polar surface area (TPSA) is 149 Å². The Kier molecular flexibility index (Phi) is 3.37. The molecule has 3 rings (SSSR count). The highest BCUT2D eigenvalue weighted by atomic mass is 16.6. The van der Waals surface area contributed by atoms with Gasteiger partial charge in [-0.15, -0.1) is 0 Å². The van der Waals surface area contributed by atoms with Gasteiger partial charge in [-0.05, 0) is 0 Å². The van der Waals surface area contributed by atoms with Crippen molar-refractivity contribution in [3.63, 3.8) is 0 Å². The van der Waals surface area contributed by atoms with E-state index >= 15 is 0 Å². The van der Waals surface area contributed by atoms with Gasteiger partial charge in [0.15, 0.2) is 23.2 Å². The van der Waals surface area contributed by atoms with Gasteiger partial charge in [0.05, 0.1) is 13.7 Å². The maximum atomic E-state index is 10.1. The molecule has 1 aliphatic rings. The van der Waals surface area contributed by atoms with Gasteiger partial charge in [-0.2, -0.15) is 4.98 Å². The summed E-state index contributed by atoms with van der Waals surface area (Å²) in [5, 5.41) is 29.1. The summed E-state index contributed by atoms with van der Waals surface area (Å²) >= 11 is 0. The van der Waals surface area contributed by atoms with E-state index in [-0.39, 0.29) is 11.8 Å². The molecule has 114 valence electrons. The monoisotopic (exact) mass is 297 g/mol. The molecule has 0 radical (unpaired) electrons. The van der Waals surface area contributed by atoms with E-state index in [1.165, 1.54) is 18.0 Å². The number of nitrogen functional groups attached to an aromatic ring is 1. The Morgan fingerprint density at radius 3 is 2.76 bits per heavy atom. The molecule has 1 aliphatic heterocycles. The molecular formula is C11H15N5O5. The lowest BCUT2D eigenvalue weighted by Gasteiger charge is -2.18. The quantitative estimate of drug-likeness (QED) is 0.506. The summed E-state index contributed by atoms with van der Waals surface area (Å²) in [5.41, 5.74) is 6.33. The Labute approximate surface area is 118 Å². The molecule has 0 saturated carbocycles. The van der Waals surface area contributed by atoms with Crippen molar-refractivity contribution < 1.29 is 24.8 Å². The summed E-state index contributed by atoms with van der Waals surface area (Å²) in [6.45, 7) is -0.430. The van der Waals surface area contributed by atoms with Gasteiger partial charge in [0.2, 0.25) is 0 Å². The normalized spacial score (nSPS) is 29.1. The van der Waals surface area contributed by atoms with Crippen LogP contribution in [0.4, 0.5) is 5.82 Å². The van der Waals surface area contributed by atoms with Gasteiger partial charge in [0, 0.05) is 0 Å². The van der Waals surface area contributed by atoms with Gasteiger partial charge >= 0.3 is 6.01 Å². The molecule has 10 nitrogen and oxygen atoms in total. The first-order valence-electron chi connectivity index (χ1n) is 6.23. The Hall–Kier alpha value is -2.01. The second-order valence-corrected chi connectivity index (χ2v) is 4.63. The van der Waals surface area contributed by atoms with Crippen LogP contribution in [0.1, 0.15) is 6.23 Å². The highest BCUT2D eigenvalue weighted by Crippen LogP contribution is 2.35. The number of fused-ring (bicyclic) bond motifs is 1. The number of aromatic nitrogens is 4. The van der Waals surface area contributed by atoms with Gasteiger partial charge in [0.25, 0.3) is 0 Å². The van der Waals surface area contributed by atoms with Gasteiger partial charge in [-0.1, -0.05) is 0 Å². The van der Waals surface area contributed by atoms with Gasteiger partial charge in [-0.3, -0.25) is 0 Å². The smallest absolute Gasteiger partial charge is 0.300 e. The first kappa shape index (κ1) is 13.9. The molecule has 2 unspecified atom stereocenters. The van der Waals surface area contributed by atoms with E-state index in [4.69, 9.17) is 20.3 Å². The van der Waals surface area contributed by atoms with Crippen LogP contribution in [0, 0.1) is 0 Å². The lowest BCUT2D eigenvalue weighted by atomic mass is 10.1. The Morgan fingerprint density at radius 1 is 1.38 bits per heavy atom. The molecule has 4 atom stereocenters. The molecular weight excluding hydrogens is 282 g/mol. The number of rotatable bonds is 3. The first-order valence-corrected chi connectivity index (χ1v) is 6.23. The second-order valence-electron chi connectivity index (χ2n) is 4.63. The van der Waals surface area contributed by atoms with Crippen LogP contribution in [-0.2, 0) is 4.74 Å². The maximum Gasteiger partial charge on any atom is 0.300 e. The number of hydrogen-bond acceptors (Lipinski definition) is 9. The van der Waals surface area contributed by atoms with Crippen LogP contribution in [0.5, 0.6) is 6.01 Å². The molecule has 0 aliphatic carbocycles. The molecule has 3 heterocycles. The average Bonchev–Trinajstić information content (AvgIpc) is 2.99. The molecule has 2 aromatic heterocycles. The van der Waals surface area contributed by atoms with E-state index in [0.717, 1.165) is 0 Å². The lowest BCUT2D eigenvalue weighted by Crippen LogP contribution is -2.33. The van der Waals surface area contributed by atoms with E-state index < -0.39 is 31.1 Å². The van der Waals surface area contributed by atoms with Gasteiger partial charge in [0.1, 0.15) is 24.6 Å². The second kappa shape index (κ2) is 5.07. The molecule has 0 bridgehead atoms. The predicted molar refractivity (Wildman–Crippen MR) is 69.3 cm³/mol. The first-order chi connectivity index (χ1) is 10.1. The van der Waals surface area contributed by atoms with E-state index in [0.29, 0.717) is 11.2 Å². The zero-order valence-corrected chi connectivity index (χ0v) is 11.1. The zero-order valence-electron chi connectivity index (χ0n) is 11.1. The molecule has 5 N–H and O–H groups in total. The molecule has 1 fully saturated rings. The number of aliphatic hydroxyl groups is 3. The van der Waals surface area contributed by atoms with Gasteiger partial charge in [-0.25, -0.2) is 14.5 Å². The van der Waals surface area contributed by atoms with Gasteiger partial charge < -0.3 is 30.5 Å². The molecule has 1 saturated heterocycles. The van der Waals surface area contributed by atoms with Crippen molar-refractivity contribution in [1.29, 1.82) is 0 Å². The van der Waals surface area contributed by atoms with E-state index in [9.17, 15) is 10.2 Å². The standard InChI is InChI=1S/C11H15N5O5/c1-20-11-15-5-8(12)13-3-14-9(5)16(11)10-7(19)6(18)4(2-17)21-10/h3-4,6-7,10,17-19H,2H2,1H3,(H2,12,13,14)/t4-,6?,7?,10-/m1/s1. The van der Waals surface area contributed by atoms with Crippen molar-refractivity contribution in [2.75, 3.05) is 19.5 Å². The minimum atomic E-state index is -1.27. The summed E-state index contributed by atoms with van der Waals surface area (Å²) in [4.78, 5) is 12.0. The molecule has 0 amide bonds. The number of nitrogens with two attached hydrogens (primary N) is 1. The fraction of sp³-hybridized carbons (Fsp3) is 0.545. The molecule has 21 heavy (non-hydrogen) atoms. The summed E-state index contributed by atoms with van der Waals surface area (Å²) in [5.74, 6) is 0.156. The van der Waals surface area contributed by atoms with E-state index in [2.05, 4.69) is 15.0 Å². The van der Waals surface area contributed by atoms with E-state index in [1.54, 1.807) is 0 Å². The molecule has 0 spiro atoms. The van der Waals surface area contributed by atoms with Crippen LogP contribution in [-0.4, -0.2) is 66.9 Å². The summed E-state index contributed by atoms with van der Waals surface area (Å²) < 4.78 is 12.0. The molecule has 0 aromatic carbocycles. The number of nitrogens with zero attached hydrogens (tertiary/aromatic N) is 4. The number of aliphatic hydroxyl groups excluding tert-OH is 3. The Bertz CT molecular complexity index is 662.